The van der Waals surface area contributed by atoms with E-state index in [1.807, 2.05) is 6.08 Å². The third kappa shape index (κ3) is 39.0. The van der Waals surface area contributed by atoms with Gasteiger partial charge in [0.05, 0.1) is 0 Å². The van der Waals surface area contributed by atoms with Gasteiger partial charge in [-0.2, -0.15) is 0 Å². The zero-order valence-electron chi connectivity index (χ0n) is 32.2. The van der Waals surface area contributed by atoms with Crippen LogP contribution >= 0.6 is 0 Å². The summed E-state index contributed by atoms with van der Waals surface area (Å²) in [7, 11) is 0. The molecule has 1 amide bonds. The minimum Gasteiger partial charge on any atom is -0.480 e. The smallest absolute Gasteiger partial charge is 0.322 e. The molecule has 0 bridgehead atoms. The lowest BCUT2D eigenvalue weighted by Gasteiger charge is -2.14. The summed E-state index contributed by atoms with van der Waals surface area (Å²) in [6.07, 6.45) is 55.5. The lowest BCUT2D eigenvalue weighted by molar-refractivity contribution is -0.147. The summed E-state index contributed by atoms with van der Waals surface area (Å²) in [6.45, 7) is 4.06. The zero-order chi connectivity index (χ0) is 37.3. The number of rotatable bonds is 34. The second kappa shape index (κ2) is 39.1. The molecule has 0 aliphatic heterocycles. The van der Waals surface area contributed by atoms with Gasteiger partial charge in [0, 0.05) is 12.8 Å². The quantitative estimate of drug-likeness (QED) is 0.0395. The van der Waals surface area contributed by atoms with Crippen LogP contribution in [0, 0.1) is 0 Å². The van der Waals surface area contributed by atoms with Gasteiger partial charge in [0.2, 0.25) is 5.91 Å². The maximum Gasteiger partial charge on any atom is 0.322 e. The molecule has 51 heavy (non-hydrogen) atoms. The number of amides is 1. The molecule has 1 unspecified atom stereocenters. The Balaban J connectivity index is 4.36. The van der Waals surface area contributed by atoms with Crippen molar-refractivity contribution in [3.63, 3.8) is 0 Å². The lowest BCUT2D eigenvalue weighted by atomic mass is 10.1. The first-order chi connectivity index (χ1) is 25.0. The Hall–Kier alpha value is -3.67. The molecule has 0 aliphatic rings. The second-order valence-electron chi connectivity index (χ2n) is 12.8. The molecule has 1 atom stereocenters. The molecule has 0 rings (SSSR count). The lowest BCUT2D eigenvalue weighted by Crippen LogP contribution is -2.28. The number of carbonyl (C=O) groups is 3. The molecule has 286 valence electrons. The fourth-order valence-electron chi connectivity index (χ4n) is 5.08. The van der Waals surface area contributed by atoms with Gasteiger partial charge in [-0.15, -0.1) is 0 Å². The van der Waals surface area contributed by atoms with E-state index >= 15 is 0 Å². The van der Waals surface area contributed by atoms with E-state index in [0.717, 1.165) is 96.3 Å². The number of hydrogen-bond acceptors (Lipinski definition) is 4. The molecule has 0 saturated heterocycles. The van der Waals surface area contributed by atoms with Gasteiger partial charge in [-0.05, 0) is 89.5 Å². The van der Waals surface area contributed by atoms with E-state index in [1.165, 1.54) is 25.7 Å². The summed E-state index contributed by atoms with van der Waals surface area (Å²) in [4.78, 5) is 34.8. The van der Waals surface area contributed by atoms with Crippen LogP contribution in [0.4, 0.5) is 0 Å². The Morgan fingerprint density at radius 1 is 0.549 bits per heavy atom. The van der Waals surface area contributed by atoms with Crippen LogP contribution in [-0.4, -0.2) is 35.6 Å². The van der Waals surface area contributed by atoms with Crippen molar-refractivity contribution in [2.24, 2.45) is 0 Å². The fraction of sp³-hybridized carbons (Fsp3) is 0.578. The molecule has 0 fully saturated rings. The Labute approximate surface area is 311 Å². The molecule has 0 aliphatic carbocycles. The predicted molar refractivity (Wildman–Crippen MR) is 217 cm³/mol. The minimum absolute atomic E-state index is 0.156. The van der Waals surface area contributed by atoms with Gasteiger partial charge >= 0.3 is 11.9 Å². The number of esters is 1. The Morgan fingerprint density at radius 2 is 1.04 bits per heavy atom. The number of allylic oxidation sites excluding steroid dienone is 15. The summed E-state index contributed by atoms with van der Waals surface area (Å²) in [5.41, 5.74) is 0. The molecule has 0 aromatic heterocycles. The average molecular weight is 706 g/mol. The number of carboxylic acid groups (broad SMARTS) is 1. The molecular weight excluding hydrogens is 634 g/mol. The third-order valence-corrected chi connectivity index (χ3v) is 7.99. The van der Waals surface area contributed by atoms with Gasteiger partial charge in [-0.3, -0.25) is 14.4 Å². The maximum atomic E-state index is 12.6. The van der Waals surface area contributed by atoms with Crippen LogP contribution < -0.4 is 5.32 Å². The van der Waals surface area contributed by atoms with Crippen molar-refractivity contribution in [2.75, 3.05) is 6.54 Å². The van der Waals surface area contributed by atoms with Crippen LogP contribution in [0.1, 0.15) is 155 Å². The molecule has 0 saturated carbocycles. The van der Waals surface area contributed by atoms with E-state index in [4.69, 9.17) is 9.84 Å². The van der Waals surface area contributed by atoms with E-state index in [-0.39, 0.29) is 24.5 Å². The molecule has 0 aromatic rings. The van der Waals surface area contributed by atoms with Crippen molar-refractivity contribution in [1.82, 2.24) is 5.32 Å². The fourth-order valence-corrected chi connectivity index (χ4v) is 5.08. The molecule has 0 radical (unpaired) electrons. The molecule has 6 heteroatoms. The highest BCUT2D eigenvalue weighted by Gasteiger charge is 2.11. The molecule has 0 heterocycles. The highest BCUT2D eigenvalue weighted by molar-refractivity contribution is 5.80. The SMILES string of the molecule is CC/C=C\C/C=C\C/C=C\C/C=C\C/C=C\C/C=C\CCC(=O)OC(/C=C\C/C=C\CCCCCC)CCCCCCCCC(=O)NCC(=O)O. The van der Waals surface area contributed by atoms with Gasteiger partial charge in [0.1, 0.15) is 12.6 Å². The van der Waals surface area contributed by atoms with Gasteiger partial charge in [-0.25, -0.2) is 0 Å². The van der Waals surface area contributed by atoms with Gasteiger partial charge in [0.15, 0.2) is 0 Å². The number of aliphatic carboxylic acids is 1. The van der Waals surface area contributed by atoms with Crippen LogP contribution in [0.3, 0.4) is 0 Å². The summed E-state index contributed by atoms with van der Waals surface area (Å²) >= 11 is 0. The van der Waals surface area contributed by atoms with Crippen LogP contribution in [0.15, 0.2) is 97.2 Å². The van der Waals surface area contributed by atoms with Crippen molar-refractivity contribution >= 4 is 17.8 Å². The van der Waals surface area contributed by atoms with Gasteiger partial charge in [-0.1, -0.05) is 150 Å². The summed E-state index contributed by atoms with van der Waals surface area (Å²) in [5.74, 6) is -1.39. The topological polar surface area (TPSA) is 92.7 Å². The second-order valence-corrected chi connectivity index (χ2v) is 12.8. The highest BCUT2D eigenvalue weighted by Crippen LogP contribution is 2.14. The molecular formula is C45H71NO5. The molecule has 6 nitrogen and oxygen atoms in total. The first-order valence-electron chi connectivity index (χ1n) is 19.9. The van der Waals surface area contributed by atoms with Crippen LogP contribution in [-0.2, 0) is 19.1 Å². The Bertz CT molecular complexity index is 1090. The summed E-state index contributed by atoms with van der Waals surface area (Å²) in [5, 5.41) is 11.0. The summed E-state index contributed by atoms with van der Waals surface area (Å²) < 4.78 is 5.87. The maximum absolute atomic E-state index is 12.6. The molecule has 0 aromatic carbocycles. The van der Waals surface area contributed by atoms with E-state index in [0.29, 0.717) is 19.3 Å². The number of ether oxygens (including phenoxy) is 1. The van der Waals surface area contributed by atoms with Crippen LogP contribution in [0.5, 0.6) is 0 Å². The van der Waals surface area contributed by atoms with Crippen molar-refractivity contribution in [2.45, 2.75) is 161 Å². The van der Waals surface area contributed by atoms with Gasteiger partial charge < -0.3 is 15.2 Å². The zero-order valence-corrected chi connectivity index (χ0v) is 32.2. The van der Waals surface area contributed by atoms with Crippen molar-refractivity contribution in [3.8, 4) is 0 Å². The number of carboxylic acids is 1. The van der Waals surface area contributed by atoms with Crippen molar-refractivity contribution in [1.29, 1.82) is 0 Å². The molecule has 0 spiro atoms. The normalized spacial score (nSPS) is 13.1. The number of nitrogens with one attached hydrogen (secondary N) is 1. The van der Waals surface area contributed by atoms with E-state index in [1.54, 1.807) is 0 Å². The summed E-state index contributed by atoms with van der Waals surface area (Å²) in [6, 6.07) is 0. The minimum atomic E-state index is -1.03. The van der Waals surface area contributed by atoms with Gasteiger partial charge in [0.25, 0.3) is 0 Å². The Kier molecular flexibility index (Phi) is 36.3. The Morgan fingerprint density at radius 3 is 1.61 bits per heavy atom. The highest BCUT2D eigenvalue weighted by atomic mass is 16.5. The third-order valence-electron chi connectivity index (χ3n) is 7.99. The standard InChI is InChI=1S/C45H71NO5/c1-3-5-7-9-11-13-14-15-16-17-18-19-20-21-22-24-26-32-36-40-45(50)51-42(37-33-29-25-23-12-10-8-6-4-2)38-34-30-27-28-31-35-39-43(47)46-41-44(48)49/h5,7,11,13,15-16,18-19,21-23,25-26,32-33,37,42H,3-4,6,8-10,12,14,17,20,24,27-31,34-36,38-41H2,1-2H3,(H,46,47)(H,48,49)/b7-5-,13-11-,16-15-,19-18-,22-21-,25-23-,32-26-,37-33-. The average Bonchev–Trinajstić information content (AvgIpc) is 3.11. The van der Waals surface area contributed by atoms with Crippen LogP contribution in [0.2, 0.25) is 0 Å². The van der Waals surface area contributed by atoms with Crippen LogP contribution in [0.25, 0.3) is 0 Å². The van der Waals surface area contributed by atoms with E-state index < -0.39 is 5.97 Å². The van der Waals surface area contributed by atoms with Crippen molar-refractivity contribution in [3.05, 3.63) is 97.2 Å². The first-order valence-corrected chi connectivity index (χ1v) is 19.9. The monoisotopic (exact) mass is 706 g/mol. The first kappa shape index (κ1) is 47.3. The molecule has 2 N–H and O–H groups in total. The van der Waals surface area contributed by atoms with E-state index in [2.05, 4.69) is 110 Å². The van der Waals surface area contributed by atoms with Crippen molar-refractivity contribution < 1.29 is 24.2 Å². The largest absolute Gasteiger partial charge is 0.480 e. The number of unbranched alkanes of at least 4 members (excludes halogenated alkanes) is 9. The number of hydrogen-bond donors (Lipinski definition) is 2. The van der Waals surface area contributed by atoms with E-state index in [9.17, 15) is 14.4 Å². The predicted octanol–water partition coefficient (Wildman–Crippen LogP) is 12.2. The number of carbonyl (C=O) groups excluding carboxylic acids is 2.